The Balaban J connectivity index is 2.50. The molecule has 0 aliphatic rings. The van der Waals surface area contributed by atoms with Crippen molar-refractivity contribution in [2.24, 2.45) is 11.7 Å². The molecule has 1 aromatic rings. The molecule has 1 aromatic heterocycles. The summed E-state index contributed by atoms with van der Waals surface area (Å²) in [6.45, 7) is 7.67. The summed E-state index contributed by atoms with van der Waals surface area (Å²) in [6, 6.07) is 0.0169. The topological polar surface area (TPSA) is 85.8 Å². The van der Waals surface area contributed by atoms with Gasteiger partial charge in [-0.15, -0.1) is 5.10 Å². The second-order valence-corrected chi connectivity index (χ2v) is 5.60. The van der Waals surface area contributed by atoms with Crippen LogP contribution in [0.5, 0.6) is 0 Å². The Bertz CT molecular complexity index is 402. The first-order valence-electron chi connectivity index (χ1n) is 7.47. The van der Waals surface area contributed by atoms with Crippen LogP contribution in [0.2, 0.25) is 0 Å². The molecular formula is C14H27N5O. The fraction of sp³-hybridized carbons (Fsp3) is 0.786. The fourth-order valence-electron chi connectivity index (χ4n) is 1.86. The van der Waals surface area contributed by atoms with Crippen molar-refractivity contribution in [2.75, 3.05) is 6.54 Å². The third-order valence-corrected chi connectivity index (χ3v) is 3.23. The van der Waals surface area contributed by atoms with Crippen molar-refractivity contribution in [3.8, 4) is 0 Å². The number of aryl methyl sites for hydroxylation is 1. The summed E-state index contributed by atoms with van der Waals surface area (Å²) in [5, 5.41) is 10.8. The van der Waals surface area contributed by atoms with Gasteiger partial charge in [0.1, 0.15) is 0 Å². The SMILES string of the molecule is CCCCC(CN)NC(=O)c1cn(CCC(C)C)nn1. The zero-order valence-corrected chi connectivity index (χ0v) is 12.8. The van der Waals surface area contributed by atoms with Gasteiger partial charge in [-0.3, -0.25) is 9.48 Å². The minimum absolute atomic E-state index is 0.0169. The summed E-state index contributed by atoms with van der Waals surface area (Å²) in [5.41, 5.74) is 6.03. The molecule has 1 atom stereocenters. The van der Waals surface area contributed by atoms with E-state index in [4.69, 9.17) is 5.73 Å². The van der Waals surface area contributed by atoms with Crippen molar-refractivity contribution in [3.05, 3.63) is 11.9 Å². The lowest BCUT2D eigenvalue weighted by Crippen LogP contribution is -2.40. The van der Waals surface area contributed by atoms with Crippen LogP contribution < -0.4 is 11.1 Å². The largest absolute Gasteiger partial charge is 0.347 e. The second-order valence-electron chi connectivity index (χ2n) is 5.60. The van der Waals surface area contributed by atoms with Gasteiger partial charge in [0, 0.05) is 19.1 Å². The molecule has 3 N–H and O–H groups in total. The molecule has 0 fully saturated rings. The number of nitrogens with two attached hydrogens (primary N) is 1. The number of amides is 1. The van der Waals surface area contributed by atoms with Crippen LogP contribution in [0.15, 0.2) is 6.20 Å². The number of unbranched alkanes of at least 4 members (excludes halogenated alkanes) is 1. The van der Waals surface area contributed by atoms with Gasteiger partial charge < -0.3 is 11.1 Å². The number of hydrogen-bond donors (Lipinski definition) is 2. The van der Waals surface area contributed by atoms with Crippen LogP contribution in [0.1, 0.15) is 56.9 Å². The van der Waals surface area contributed by atoms with Crippen molar-refractivity contribution in [3.63, 3.8) is 0 Å². The molecule has 1 unspecified atom stereocenters. The van der Waals surface area contributed by atoms with E-state index in [1.165, 1.54) is 0 Å². The average Bonchev–Trinajstić information content (AvgIpc) is 2.89. The fourth-order valence-corrected chi connectivity index (χ4v) is 1.86. The quantitative estimate of drug-likeness (QED) is 0.719. The number of rotatable bonds is 9. The molecule has 0 aliphatic carbocycles. The Kier molecular flexibility index (Phi) is 7.22. The van der Waals surface area contributed by atoms with Crippen molar-refractivity contribution < 1.29 is 4.79 Å². The maximum atomic E-state index is 12.0. The van der Waals surface area contributed by atoms with Gasteiger partial charge in [-0.2, -0.15) is 0 Å². The predicted octanol–water partition coefficient (Wildman–Crippen LogP) is 1.57. The Hall–Kier alpha value is -1.43. The lowest BCUT2D eigenvalue weighted by Gasteiger charge is -2.15. The van der Waals surface area contributed by atoms with E-state index in [-0.39, 0.29) is 11.9 Å². The number of nitrogens with zero attached hydrogens (tertiary/aromatic N) is 3. The molecule has 0 aliphatic heterocycles. The first kappa shape index (κ1) is 16.6. The molecule has 114 valence electrons. The highest BCUT2D eigenvalue weighted by molar-refractivity contribution is 5.92. The van der Waals surface area contributed by atoms with E-state index in [0.29, 0.717) is 18.2 Å². The number of carbonyl (C=O) groups excluding carboxylic acids is 1. The standard InChI is InChI=1S/C14H27N5O/c1-4-5-6-12(9-15)16-14(20)13-10-19(18-17-13)8-7-11(2)3/h10-12H,4-9,15H2,1-3H3,(H,16,20). The zero-order valence-electron chi connectivity index (χ0n) is 12.8. The molecule has 0 saturated heterocycles. The van der Waals surface area contributed by atoms with Crippen LogP contribution in [0.3, 0.4) is 0 Å². The lowest BCUT2D eigenvalue weighted by molar-refractivity contribution is 0.0930. The van der Waals surface area contributed by atoms with Gasteiger partial charge in [-0.05, 0) is 18.8 Å². The van der Waals surface area contributed by atoms with Gasteiger partial charge in [-0.25, -0.2) is 0 Å². The van der Waals surface area contributed by atoms with Crippen molar-refractivity contribution in [1.82, 2.24) is 20.3 Å². The van der Waals surface area contributed by atoms with Crippen LogP contribution in [0.4, 0.5) is 0 Å². The smallest absolute Gasteiger partial charge is 0.273 e. The molecule has 1 heterocycles. The Labute approximate surface area is 121 Å². The summed E-state index contributed by atoms with van der Waals surface area (Å²) < 4.78 is 1.72. The highest BCUT2D eigenvalue weighted by Gasteiger charge is 2.15. The molecule has 0 spiro atoms. The first-order valence-corrected chi connectivity index (χ1v) is 7.47. The lowest BCUT2D eigenvalue weighted by atomic mass is 10.1. The van der Waals surface area contributed by atoms with Gasteiger partial charge >= 0.3 is 0 Å². The van der Waals surface area contributed by atoms with Gasteiger partial charge in [0.25, 0.3) is 5.91 Å². The van der Waals surface area contributed by atoms with E-state index in [1.54, 1.807) is 10.9 Å². The Morgan fingerprint density at radius 3 is 2.80 bits per heavy atom. The molecule has 1 rings (SSSR count). The molecule has 1 amide bonds. The van der Waals surface area contributed by atoms with Crippen LogP contribution in [-0.2, 0) is 6.54 Å². The van der Waals surface area contributed by atoms with E-state index in [9.17, 15) is 4.79 Å². The summed E-state index contributed by atoms with van der Waals surface area (Å²) in [6.07, 6.45) is 5.78. The maximum absolute atomic E-state index is 12.0. The first-order chi connectivity index (χ1) is 9.56. The summed E-state index contributed by atoms with van der Waals surface area (Å²) in [7, 11) is 0. The minimum atomic E-state index is -0.188. The van der Waals surface area contributed by atoms with Gasteiger partial charge in [0.2, 0.25) is 0 Å². The monoisotopic (exact) mass is 281 g/mol. The number of carbonyl (C=O) groups is 1. The van der Waals surface area contributed by atoms with Gasteiger partial charge in [0.05, 0.1) is 6.20 Å². The molecule has 0 radical (unpaired) electrons. The van der Waals surface area contributed by atoms with E-state index >= 15 is 0 Å². The highest BCUT2D eigenvalue weighted by atomic mass is 16.2. The van der Waals surface area contributed by atoms with Crippen LogP contribution in [0.25, 0.3) is 0 Å². The van der Waals surface area contributed by atoms with E-state index in [2.05, 4.69) is 36.4 Å². The molecule has 6 nitrogen and oxygen atoms in total. The summed E-state index contributed by atoms with van der Waals surface area (Å²) in [5.74, 6) is 0.416. The van der Waals surface area contributed by atoms with Crippen molar-refractivity contribution in [1.29, 1.82) is 0 Å². The van der Waals surface area contributed by atoms with Crippen LogP contribution >= 0.6 is 0 Å². The number of aromatic nitrogens is 3. The molecular weight excluding hydrogens is 254 g/mol. The molecule has 20 heavy (non-hydrogen) atoms. The third-order valence-electron chi connectivity index (χ3n) is 3.23. The molecule has 0 bridgehead atoms. The van der Waals surface area contributed by atoms with E-state index < -0.39 is 0 Å². The second kappa shape index (κ2) is 8.68. The number of nitrogens with one attached hydrogen (secondary N) is 1. The summed E-state index contributed by atoms with van der Waals surface area (Å²) >= 11 is 0. The Morgan fingerprint density at radius 1 is 1.45 bits per heavy atom. The Morgan fingerprint density at radius 2 is 2.20 bits per heavy atom. The minimum Gasteiger partial charge on any atom is -0.347 e. The molecule has 0 saturated carbocycles. The normalized spacial score (nSPS) is 12.7. The predicted molar refractivity (Wildman–Crippen MR) is 79.3 cm³/mol. The molecule has 0 aromatic carbocycles. The van der Waals surface area contributed by atoms with Crippen molar-refractivity contribution >= 4 is 5.91 Å². The maximum Gasteiger partial charge on any atom is 0.273 e. The van der Waals surface area contributed by atoms with E-state index in [1.807, 2.05) is 0 Å². The van der Waals surface area contributed by atoms with Crippen LogP contribution in [-0.4, -0.2) is 33.5 Å². The van der Waals surface area contributed by atoms with Crippen molar-refractivity contribution in [2.45, 2.75) is 59.0 Å². The van der Waals surface area contributed by atoms with E-state index in [0.717, 1.165) is 32.2 Å². The highest BCUT2D eigenvalue weighted by Crippen LogP contribution is 2.04. The van der Waals surface area contributed by atoms with Gasteiger partial charge in [-0.1, -0.05) is 38.8 Å². The summed E-state index contributed by atoms with van der Waals surface area (Å²) in [4.78, 5) is 12.0. The molecule has 6 heteroatoms. The average molecular weight is 281 g/mol. The number of hydrogen-bond acceptors (Lipinski definition) is 4. The zero-order chi connectivity index (χ0) is 15.0. The van der Waals surface area contributed by atoms with Gasteiger partial charge in [0.15, 0.2) is 5.69 Å². The van der Waals surface area contributed by atoms with Crippen LogP contribution in [0, 0.1) is 5.92 Å². The third kappa shape index (κ3) is 5.69.